The zero-order valence-corrected chi connectivity index (χ0v) is 26.5. The van der Waals surface area contributed by atoms with Crippen LogP contribution in [0.2, 0.25) is 0 Å². The zero-order chi connectivity index (χ0) is 32.6. The summed E-state index contributed by atoms with van der Waals surface area (Å²) in [5.41, 5.74) is 4.60. The fourth-order valence-electron chi connectivity index (χ4n) is 5.06. The minimum atomic E-state index is -0.989. The van der Waals surface area contributed by atoms with Crippen molar-refractivity contribution >= 4 is 40.5 Å². The molecule has 1 saturated heterocycles. The Morgan fingerprint density at radius 1 is 1.11 bits per heavy atom. The van der Waals surface area contributed by atoms with Crippen LogP contribution < -0.4 is 16.1 Å². The van der Waals surface area contributed by atoms with Gasteiger partial charge in [-0.25, -0.2) is 5.43 Å². The fourth-order valence-corrected chi connectivity index (χ4v) is 5.06. The van der Waals surface area contributed by atoms with Crippen LogP contribution in [0.5, 0.6) is 0 Å². The van der Waals surface area contributed by atoms with Crippen LogP contribution in [-0.4, -0.2) is 70.4 Å². The Labute approximate surface area is 263 Å². The highest BCUT2D eigenvalue weighted by molar-refractivity contribution is 5.94. The van der Waals surface area contributed by atoms with Crippen LogP contribution in [0.15, 0.2) is 61.1 Å². The number of nitrogens with zero attached hydrogens (tertiary/aromatic N) is 3. The van der Waals surface area contributed by atoms with Crippen molar-refractivity contribution in [2.24, 2.45) is 5.41 Å². The van der Waals surface area contributed by atoms with Crippen LogP contribution in [0.1, 0.15) is 57.4 Å². The Morgan fingerprint density at radius 3 is 2.62 bits per heavy atom. The number of hydrogen-bond donors (Lipinski definition) is 3. The molecule has 3 heterocycles. The van der Waals surface area contributed by atoms with Crippen LogP contribution in [0.25, 0.3) is 16.8 Å². The summed E-state index contributed by atoms with van der Waals surface area (Å²) in [7, 11) is 1.30. The van der Waals surface area contributed by atoms with Crippen molar-refractivity contribution in [3.63, 3.8) is 0 Å². The number of ether oxygens (including phenoxy) is 1. The summed E-state index contributed by atoms with van der Waals surface area (Å²) in [5.74, 6) is -1.74. The van der Waals surface area contributed by atoms with Gasteiger partial charge in [-0.05, 0) is 74.8 Å². The first-order chi connectivity index (χ1) is 21.5. The van der Waals surface area contributed by atoms with E-state index < -0.39 is 41.3 Å². The molecule has 3 N–H and O–H groups in total. The molecule has 2 aromatic heterocycles. The average Bonchev–Trinajstić information content (AvgIpc) is 3.06. The van der Waals surface area contributed by atoms with Gasteiger partial charge >= 0.3 is 5.97 Å². The largest absolute Gasteiger partial charge is 0.468 e. The second kappa shape index (κ2) is 14.9. The number of methoxy groups -OCH3 is 1. The number of carbonyl (C=O) groups excluding carboxylic acids is 4. The lowest BCUT2D eigenvalue weighted by molar-refractivity contribution is -0.150. The maximum absolute atomic E-state index is 13.6. The Bertz CT molecular complexity index is 1560. The number of pyridine rings is 2. The summed E-state index contributed by atoms with van der Waals surface area (Å²) in [6.07, 6.45) is 10.9. The summed E-state index contributed by atoms with van der Waals surface area (Å²) in [5, 5.41) is 9.08. The third-order valence-corrected chi connectivity index (χ3v) is 7.92. The first kappa shape index (κ1) is 33.3. The molecular weight excluding hydrogens is 572 g/mol. The third-order valence-electron chi connectivity index (χ3n) is 7.92. The van der Waals surface area contributed by atoms with Crippen LogP contribution in [0.4, 0.5) is 0 Å². The highest BCUT2D eigenvalue weighted by atomic mass is 16.5. The number of hydrazine groups is 1. The van der Waals surface area contributed by atoms with E-state index in [1.807, 2.05) is 24.4 Å². The average molecular weight is 615 g/mol. The molecular formula is C34H42N6O5. The molecule has 0 aliphatic carbocycles. The van der Waals surface area contributed by atoms with Gasteiger partial charge in [0, 0.05) is 36.9 Å². The van der Waals surface area contributed by atoms with Crippen molar-refractivity contribution in [2.45, 2.75) is 71.5 Å². The lowest BCUT2D eigenvalue weighted by atomic mass is 9.90. The van der Waals surface area contributed by atoms with Gasteiger partial charge in [-0.3, -0.25) is 34.2 Å². The van der Waals surface area contributed by atoms with Gasteiger partial charge in [0.15, 0.2) is 0 Å². The number of rotatable bonds is 11. The molecule has 11 nitrogen and oxygen atoms in total. The van der Waals surface area contributed by atoms with Crippen LogP contribution in [-0.2, 0) is 36.8 Å². The van der Waals surface area contributed by atoms with Crippen molar-refractivity contribution in [3.05, 3.63) is 77.9 Å². The van der Waals surface area contributed by atoms with Gasteiger partial charge < -0.3 is 15.4 Å². The topological polar surface area (TPSA) is 143 Å². The number of esters is 1. The van der Waals surface area contributed by atoms with Gasteiger partial charge in [-0.2, -0.15) is 0 Å². The summed E-state index contributed by atoms with van der Waals surface area (Å²) >= 11 is 0. The van der Waals surface area contributed by atoms with Crippen LogP contribution >= 0.6 is 0 Å². The van der Waals surface area contributed by atoms with E-state index >= 15 is 0 Å². The summed E-state index contributed by atoms with van der Waals surface area (Å²) in [4.78, 5) is 60.9. The number of fused-ring (bicyclic) bond motifs is 1. The van der Waals surface area contributed by atoms with Gasteiger partial charge in [0.25, 0.3) is 5.91 Å². The molecule has 1 aliphatic heterocycles. The van der Waals surface area contributed by atoms with Gasteiger partial charge in [0.05, 0.1) is 18.2 Å². The van der Waals surface area contributed by atoms with Crippen molar-refractivity contribution in [3.8, 4) is 0 Å². The Morgan fingerprint density at radius 2 is 1.91 bits per heavy atom. The van der Waals surface area contributed by atoms with E-state index in [4.69, 9.17) is 4.74 Å². The molecule has 1 aliphatic rings. The van der Waals surface area contributed by atoms with Gasteiger partial charge in [-0.1, -0.05) is 37.3 Å². The quantitative estimate of drug-likeness (QED) is 0.280. The van der Waals surface area contributed by atoms with E-state index in [1.54, 1.807) is 45.3 Å². The lowest BCUT2D eigenvalue weighted by Crippen LogP contribution is -2.60. The van der Waals surface area contributed by atoms with E-state index in [2.05, 4.69) is 51.2 Å². The predicted octanol–water partition coefficient (Wildman–Crippen LogP) is 3.13. The maximum Gasteiger partial charge on any atom is 0.324 e. The molecule has 238 valence electrons. The van der Waals surface area contributed by atoms with E-state index in [-0.39, 0.29) is 12.3 Å². The number of benzene rings is 1. The predicted molar refractivity (Wildman–Crippen MR) is 171 cm³/mol. The number of aromatic nitrogens is 2. The molecule has 0 radical (unpaired) electrons. The van der Waals surface area contributed by atoms with Crippen molar-refractivity contribution in [1.29, 1.82) is 0 Å². The SMILES string of the molecule is CCc1ccc2cnc(/C=C/C(C)(C)C(=O)NC(Cc3cccnc3)C(=O)NC(C)C(=O)N3CCCC(C(=O)OC)N3)cc2c1. The normalized spacial score (nSPS) is 16.6. The molecule has 3 atom stereocenters. The molecule has 3 amide bonds. The third kappa shape index (κ3) is 8.72. The van der Waals surface area contributed by atoms with Crippen molar-refractivity contribution in [2.75, 3.05) is 13.7 Å². The molecule has 1 fully saturated rings. The molecule has 0 saturated carbocycles. The van der Waals surface area contributed by atoms with Gasteiger partial charge in [-0.15, -0.1) is 0 Å². The zero-order valence-electron chi connectivity index (χ0n) is 26.5. The van der Waals surface area contributed by atoms with Crippen LogP contribution in [0.3, 0.4) is 0 Å². The summed E-state index contributed by atoms with van der Waals surface area (Å²) < 4.78 is 4.80. The molecule has 3 unspecified atom stereocenters. The molecule has 4 rings (SSSR count). The Balaban J connectivity index is 1.46. The lowest BCUT2D eigenvalue weighted by Gasteiger charge is -2.34. The molecule has 1 aromatic carbocycles. The first-order valence-corrected chi connectivity index (χ1v) is 15.2. The monoisotopic (exact) mass is 614 g/mol. The molecule has 11 heteroatoms. The van der Waals surface area contributed by atoms with E-state index in [0.29, 0.717) is 19.4 Å². The number of amides is 3. The van der Waals surface area contributed by atoms with Crippen molar-refractivity contribution in [1.82, 2.24) is 31.0 Å². The number of aryl methyl sites for hydroxylation is 1. The van der Waals surface area contributed by atoms with Gasteiger partial charge in [0.2, 0.25) is 11.8 Å². The second-order valence-corrected chi connectivity index (χ2v) is 11.9. The minimum absolute atomic E-state index is 0.171. The summed E-state index contributed by atoms with van der Waals surface area (Å²) in [6.45, 7) is 7.59. The molecule has 0 spiro atoms. The summed E-state index contributed by atoms with van der Waals surface area (Å²) in [6, 6.07) is 9.30. The molecule has 45 heavy (non-hydrogen) atoms. The number of nitrogens with one attached hydrogen (secondary N) is 3. The Hall–Kier alpha value is -4.64. The number of carbonyl (C=O) groups is 4. The maximum atomic E-state index is 13.6. The standard InChI is InChI=1S/C34H42N6O5/c1-6-23-11-12-25-21-36-27(19-26(25)17-23)13-14-34(3,4)33(44)38-29(18-24-9-7-15-35-20-24)30(41)37-22(2)31(42)40-16-8-10-28(39-40)32(43)45-5/h7,9,11-15,17,19-22,28-29,39H,6,8,10,16,18H2,1-5H3,(H,37,41)(H,38,44)/b14-13+. The first-order valence-electron chi connectivity index (χ1n) is 15.2. The van der Waals surface area contributed by atoms with Crippen molar-refractivity contribution < 1.29 is 23.9 Å². The highest BCUT2D eigenvalue weighted by Gasteiger charge is 2.34. The molecule has 0 bridgehead atoms. The van der Waals surface area contributed by atoms with Gasteiger partial charge in [0.1, 0.15) is 18.1 Å². The minimum Gasteiger partial charge on any atom is -0.468 e. The number of hydrogen-bond acceptors (Lipinski definition) is 8. The fraction of sp³-hybridized carbons (Fsp3) is 0.412. The smallest absolute Gasteiger partial charge is 0.324 e. The van der Waals surface area contributed by atoms with Crippen LogP contribution in [0, 0.1) is 5.41 Å². The Kier molecular flexibility index (Phi) is 11.0. The van der Waals surface area contributed by atoms with E-state index in [1.165, 1.54) is 17.7 Å². The second-order valence-electron chi connectivity index (χ2n) is 11.9. The molecule has 3 aromatic rings. The van der Waals surface area contributed by atoms with E-state index in [0.717, 1.165) is 28.5 Å². The highest BCUT2D eigenvalue weighted by Crippen LogP contribution is 2.22. The van der Waals surface area contributed by atoms with E-state index in [9.17, 15) is 19.2 Å².